The highest BCUT2D eigenvalue weighted by Crippen LogP contribution is 2.22. The third-order valence-corrected chi connectivity index (χ3v) is 4.51. The number of carbonyl (C=O) groups is 2. The lowest BCUT2D eigenvalue weighted by Gasteiger charge is -2.30. The highest BCUT2D eigenvalue weighted by atomic mass is 35.5. The number of hydrogen-bond acceptors (Lipinski definition) is 4. The van der Waals surface area contributed by atoms with Crippen molar-refractivity contribution < 1.29 is 14.3 Å². The second-order valence-corrected chi connectivity index (χ2v) is 6.26. The van der Waals surface area contributed by atoms with E-state index in [4.69, 9.17) is 16.3 Å². The van der Waals surface area contributed by atoms with E-state index in [0.717, 1.165) is 32.5 Å². The number of piperidine rings is 1. The third kappa shape index (κ3) is 5.80. The van der Waals surface area contributed by atoms with Crippen LogP contribution < -0.4 is 5.32 Å². The summed E-state index contributed by atoms with van der Waals surface area (Å²) >= 11 is 6.02. The average molecular weight is 355 g/mol. The molecule has 0 aromatic heterocycles. The normalized spacial score (nSPS) is 15.5. The Morgan fingerprint density at radius 1 is 1.33 bits per heavy atom. The number of anilines is 1. The first-order chi connectivity index (χ1) is 11.0. The van der Waals surface area contributed by atoms with Crippen molar-refractivity contribution in [2.24, 2.45) is 5.92 Å². The van der Waals surface area contributed by atoms with Gasteiger partial charge in [-0.15, -0.1) is 0 Å². The topological polar surface area (TPSA) is 58.6 Å². The number of hydrogen-bond donors (Lipinski definition) is 1. The van der Waals surface area contributed by atoms with Crippen LogP contribution in [0.4, 0.5) is 10.5 Å². The van der Waals surface area contributed by atoms with Crippen LogP contribution in [0.25, 0.3) is 0 Å². The molecule has 1 fully saturated rings. The van der Waals surface area contributed by atoms with Gasteiger partial charge in [0, 0.05) is 11.3 Å². The van der Waals surface area contributed by atoms with Crippen LogP contribution in [0.2, 0.25) is 5.02 Å². The molecule has 6 heteroatoms. The van der Waals surface area contributed by atoms with Crippen LogP contribution >= 0.6 is 11.6 Å². The van der Waals surface area contributed by atoms with E-state index in [1.54, 1.807) is 18.2 Å². The van der Waals surface area contributed by atoms with E-state index in [1.165, 1.54) is 6.92 Å². The summed E-state index contributed by atoms with van der Waals surface area (Å²) in [6.45, 7) is 7.25. The molecule has 0 saturated carbocycles. The maximum atomic E-state index is 11.9. The number of halogens is 1. The molecule has 1 aromatic rings. The number of Topliss-reactive ketones (excluding diaryl/α,β-unsaturated/α-hetero) is 1. The number of ether oxygens (including phenoxy) is 1. The van der Waals surface area contributed by atoms with E-state index in [1.807, 2.05) is 0 Å². The van der Waals surface area contributed by atoms with Crippen molar-refractivity contribution in [2.45, 2.75) is 34.1 Å². The molecule has 2 rings (SSSR count). The summed E-state index contributed by atoms with van der Waals surface area (Å²) in [4.78, 5) is 25.6. The molecule has 1 heterocycles. The number of amides is 1. The molecule has 134 valence electrons. The van der Waals surface area contributed by atoms with E-state index in [2.05, 4.69) is 17.1 Å². The lowest BCUT2D eigenvalue weighted by molar-refractivity contribution is 0.101. The number of nitrogens with one attached hydrogen (secondary N) is 1. The number of nitrogens with zero attached hydrogens (tertiary/aromatic N) is 1. The maximum Gasteiger partial charge on any atom is 0.411 e. The number of likely N-dealkylation sites (tertiary alicyclic amines) is 1. The first kappa shape index (κ1) is 20.5. The van der Waals surface area contributed by atoms with Crippen molar-refractivity contribution in [2.75, 3.05) is 31.6 Å². The molecule has 0 atom stereocenters. The van der Waals surface area contributed by atoms with Crippen molar-refractivity contribution in [1.82, 2.24) is 4.90 Å². The quantitative estimate of drug-likeness (QED) is 0.793. The minimum absolute atomic E-state index is 0. The van der Waals surface area contributed by atoms with Crippen molar-refractivity contribution in [1.29, 1.82) is 0 Å². The first-order valence-electron chi connectivity index (χ1n) is 7.96. The van der Waals surface area contributed by atoms with Gasteiger partial charge >= 0.3 is 6.09 Å². The summed E-state index contributed by atoms with van der Waals surface area (Å²) in [6.07, 6.45) is 1.62. The Hall–Kier alpha value is -1.59. The van der Waals surface area contributed by atoms with Gasteiger partial charge in [-0.2, -0.15) is 0 Å². The van der Waals surface area contributed by atoms with Gasteiger partial charge in [-0.25, -0.2) is 4.79 Å². The molecular weight excluding hydrogens is 328 g/mol. The molecule has 0 unspecified atom stereocenters. The van der Waals surface area contributed by atoms with E-state index in [0.29, 0.717) is 28.8 Å². The van der Waals surface area contributed by atoms with Gasteiger partial charge in [0.25, 0.3) is 0 Å². The molecule has 24 heavy (non-hydrogen) atoms. The van der Waals surface area contributed by atoms with Gasteiger partial charge in [0.1, 0.15) is 0 Å². The van der Waals surface area contributed by atoms with Crippen molar-refractivity contribution in [3.05, 3.63) is 28.8 Å². The smallest absolute Gasteiger partial charge is 0.411 e. The van der Waals surface area contributed by atoms with Crippen LogP contribution in [0.1, 0.15) is 44.5 Å². The molecule has 1 amide bonds. The first-order valence-corrected chi connectivity index (χ1v) is 8.34. The Morgan fingerprint density at radius 3 is 2.54 bits per heavy atom. The Labute approximate surface area is 149 Å². The largest absolute Gasteiger partial charge is 0.449 e. The summed E-state index contributed by atoms with van der Waals surface area (Å²) in [7, 11) is 0. The van der Waals surface area contributed by atoms with E-state index in [9.17, 15) is 9.59 Å². The zero-order chi connectivity index (χ0) is 16.8. The second kappa shape index (κ2) is 9.64. The Kier molecular flexibility index (Phi) is 8.22. The van der Waals surface area contributed by atoms with Gasteiger partial charge in [0.15, 0.2) is 5.78 Å². The molecule has 0 radical (unpaired) electrons. The molecule has 1 aliphatic rings. The molecule has 5 nitrogen and oxygen atoms in total. The van der Waals surface area contributed by atoms with Gasteiger partial charge in [-0.3, -0.25) is 10.1 Å². The van der Waals surface area contributed by atoms with Crippen molar-refractivity contribution in [3.8, 4) is 0 Å². The zero-order valence-corrected chi connectivity index (χ0v) is 14.4. The summed E-state index contributed by atoms with van der Waals surface area (Å²) in [6, 6.07) is 4.80. The van der Waals surface area contributed by atoms with Gasteiger partial charge in [-0.1, -0.05) is 26.0 Å². The fourth-order valence-electron chi connectivity index (χ4n) is 2.70. The van der Waals surface area contributed by atoms with Crippen LogP contribution in [-0.4, -0.2) is 43.0 Å². The summed E-state index contributed by atoms with van der Waals surface area (Å²) in [5.41, 5.74) is 0.957. The molecule has 0 spiro atoms. The number of ketones is 1. The maximum absolute atomic E-state index is 11.9. The van der Waals surface area contributed by atoms with E-state index < -0.39 is 6.09 Å². The minimum Gasteiger partial charge on any atom is -0.449 e. The highest BCUT2D eigenvalue weighted by molar-refractivity contribution is 6.34. The Bertz CT molecular complexity index is 569. The summed E-state index contributed by atoms with van der Waals surface area (Å²) < 4.78 is 5.29. The molecule has 0 aliphatic carbocycles. The lowest BCUT2D eigenvalue weighted by atomic mass is 9.98. The number of rotatable bonds is 5. The van der Waals surface area contributed by atoms with Crippen LogP contribution in [-0.2, 0) is 4.74 Å². The molecular formula is C18H27ClN2O3. The molecule has 1 aliphatic heterocycles. The monoisotopic (exact) mass is 354 g/mol. The van der Waals surface area contributed by atoms with Gasteiger partial charge in [0.2, 0.25) is 0 Å². The highest BCUT2D eigenvalue weighted by Gasteiger charge is 2.19. The number of carbonyl (C=O) groups excluding carboxylic acids is 2. The van der Waals surface area contributed by atoms with Crippen LogP contribution in [0.3, 0.4) is 0 Å². The molecule has 0 bridgehead atoms. The predicted octanol–water partition coefficient (Wildman–Crippen LogP) is 4.46. The van der Waals surface area contributed by atoms with Crippen LogP contribution in [0.5, 0.6) is 0 Å². The van der Waals surface area contributed by atoms with Gasteiger partial charge < -0.3 is 9.64 Å². The average Bonchev–Trinajstić information content (AvgIpc) is 2.53. The Balaban J connectivity index is 0.00000288. The number of benzene rings is 1. The molecule has 1 saturated heterocycles. The van der Waals surface area contributed by atoms with Gasteiger partial charge in [0.05, 0.1) is 11.6 Å². The van der Waals surface area contributed by atoms with Crippen molar-refractivity contribution >= 4 is 29.2 Å². The van der Waals surface area contributed by atoms with Crippen LogP contribution in [0.15, 0.2) is 18.2 Å². The fraction of sp³-hybridized carbons (Fsp3) is 0.556. The summed E-state index contributed by atoms with van der Waals surface area (Å²) in [5.74, 6) is 0.315. The minimum atomic E-state index is -0.491. The SMILES string of the molecule is C.CCN1CCC(COC(=O)Nc2ccc(C(C)=O)c(Cl)c2)CC1. The zero-order valence-electron chi connectivity index (χ0n) is 13.6. The fourth-order valence-corrected chi connectivity index (χ4v) is 3.01. The molecule has 1 aromatic carbocycles. The van der Waals surface area contributed by atoms with E-state index in [-0.39, 0.29) is 13.2 Å². The van der Waals surface area contributed by atoms with E-state index >= 15 is 0 Å². The molecule has 1 N–H and O–H groups in total. The predicted molar refractivity (Wildman–Crippen MR) is 98.0 cm³/mol. The lowest BCUT2D eigenvalue weighted by Crippen LogP contribution is -2.35. The Morgan fingerprint density at radius 2 is 2.00 bits per heavy atom. The standard InChI is InChI=1S/C17H23ClN2O3.CH4/c1-3-20-8-6-13(7-9-20)11-23-17(22)19-14-4-5-15(12(2)21)16(18)10-14;/h4-5,10,13H,3,6-9,11H2,1-2H3,(H,19,22);1H4. The van der Waals surface area contributed by atoms with Gasteiger partial charge in [-0.05, 0) is 63.5 Å². The summed E-state index contributed by atoms with van der Waals surface area (Å²) in [5, 5.41) is 2.96. The second-order valence-electron chi connectivity index (χ2n) is 5.85. The van der Waals surface area contributed by atoms with Crippen LogP contribution in [0, 0.1) is 5.92 Å². The third-order valence-electron chi connectivity index (χ3n) is 4.20. The van der Waals surface area contributed by atoms with Crippen molar-refractivity contribution in [3.63, 3.8) is 0 Å².